The fourth-order valence-electron chi connectivity index (χ4n) is 2.23. The quantitative estimate of drug-likeness (QED) is 0.835. The number of carbonyl (C=O) groups excluding carboxylic acids is 2. The standard InChI is InChI=1S/C14H15NO5/c1-20-11-4-2-9(3-5-11)13(18)15-7-6-10(14(15)19)8-12(16)17/h2-5,10H,6-8H2,1H3,(H,16,17). The van der Waals surface area contributed by atoms with E-state index in [1.165, 1.54) is 7.11 Å². The summed E-state index contributed by atoms with van der Waals surface area (Å²) in [5.41, 5.74) is 0.384. The molecule has 1 aromatic rings. The highest BCUT2D eigenvalue weighted by Crippen LogP contribution is 2.23. The summed E-state index contributed by atoms with van der Waals surface area (Å²) in [5, 5.41) is 8.72. The Bertz CT molecular complexity index is 537. The van der Waals surface area contributed by atoms with Gasteiger partial charge in [-0.15, -0.1) is 0 Å². The lowest BCUT2D eigenvalue weighted by atomic mass is 10.0. The van der Waals surface area contributed by atoms with E-state index in [-0.39, 0.29) is 13.0 Å². The van der Waals surface area contributed by atoms with Crippen molar-refractivity contribution in [2.24, 2.45) is 5.92 Å². The van der Waals surface area contributed by atoms with Crippen LogP contribution in [0.5, 0.6) is 5.75 Å². The van der Waals surface area contributed by atoms with E-state index in [2.05, 4.69) is 0 Å². The molecule has 0 spiro atoms. The van der Waals surface area contributed by atoms with Gasteiger partial charge in [0.05, 0.1) is 19.4 Å². The lowest BCUT2D eigenvalue weighted by Gasteiger charge is -2.14. The van der Waals surface area contributed by atoms with Crippen molar-refractivity contribution in [1.29, 1.82) is 0 Å². The van der Waals surface area contributed by atoms with Crippen LogP contribution < -0.4 is 4.74 Å². The molecule has 1 unspecified atom stereocenters. The summed E-state index contributed by atoms with van der Waals surface area (Å²) in [7, 11) is 1.53. The van der Waals surface area contributed by atoms with Crippen LogP contribution in [-0.4, -0.2) is 41.4 Å². The number of hydrogen-bond donors (Lipinski definition) is 1. The Morgan fingerprint density at radius 1 is 1.35 bits per heavy atom. The molecule has 20 heavy (non-hydrogen) atoms. The lowest BCUT2D eigenvalue weighted by Crippen LogP contribution is -2.34. The summed E-state index contributed by atoms with van der Waals surface area (Å²) in [6, 6.07) is 6.45. The number of carboxylic acids is 1. The van der Waals surface area contributed by atoms with Crippen LogP contribution in [0.3, 0.4) is 0 Å². The molecule has 0 aromatic heterocycles. The average molecular weight is 277 g/mol. The van der Waals surface area contributed by atoms with E-state index in [1.807, 2.05) is 0 Å². The molecule has 1 aliphatic rings. The molecule has 0 radical (unpaired) electrons. The van der Waals surface area contributed by atoms with E-state index >= 15 is 0 Å². The van der Waals surface area contributed by atoms with Crippen molar-refractivity contribution in [2.75, 3.05) is 13.7 Å². The molecule has 0 saturated carbocycles. The van der Waals surface area contributed by atoms with Gasteiger partial charge in [0.15, 0.2) is 0 Å². The topological polar surface area (TPSA) is 83.9 Å². The van der Waals surface area contributed by atoms with Gasteiger partial charge in [-0.25, -0.2) is 0 Å². The molecule has 1 heterocycles. The van der Waals surface area contributed by atoms with E-state index in [1.54, 1.807) is 24.3 Å². The van der Waals surface area contributed by atoms with E-state index in [4.69, 9.17) is 9.84 Å². The predicted molar refractivity (Wildman–Crippen MR) is 69.4 cm³/mol. The van der Waals surface area contributed by atoms with Gasteiger partial charge in [-0.05, 0) is 30.7 Å². The third-order valence-corrected chi connectivity index (χ3v) is 3.32. The summed E-state index contributed by atoms with van der Waals surface area (Å²) >= 11 is 0. The van der Waals surface area contributed by atoms with Crippen LogP contribution in [0.1, 0.15) is 23.2 Å². The number of aliphatic carboxylic acids is 1. The smallest absolute Gasteiger partial charge is 0.304 e. The van der Waals surface area contributed by atoms with E-state index < -0.39 is 23.7 Å². The molecule has 1 atom stereocenters. The van der Waals surface area contributed by atoms with Gasteiger partial charge in [0.1, 0.15) is 5.75 Å². The number of hydrogen-bond acceptors (Lipinski definition) is 4. The number of ether oxygens (including phenoxy) is 1. The highest BCUT2D eigenvalue weighted by molar-refractivity contribution is 6.06. The highest BCUT2D eigenvalue weighted by Gasteiger charge is 2.36. The van der Waals surface area contributed by atoms with Crippen LogP contribution in [0.25, 0.3) is 0 Å². The lowest BCUT2D eigenvalue weighted by molar-refractivity contribution is -0.141. The highest BCUT2D eigenvalue weighted by atomic mass is 16.5. The van der Waals surface area contributed by atoms with E-state index in [0.29, 0.717) is 17.7 Å². The number of imide groups is 1. The number of carboxylic acid groups (broad SMARTS) is 1. The van der Waals surface area contributed by atoms with Crippen LogP contribution in [-0.2, 0) is 9.59 Å². The maximum Gasteiger partial charge on any atom is 0.304 e. The van der Waals surface area contributed by atoms with Crippen molar-refractivity contribution in [3.63, 3.8) is 0 Å². The van der Waals surface area contributed by atoms with Crippen molar-refractivity contribution in [3.8, 4) is 5.75 Å². The number of nitrogens with zero attached hydrogens (tertiary/aromatic N) is 1. The number of carbonyl (C=O) groups is 3. The normalized spacial score (nSPS) is 18.1. The van der Waals surface area contributed by atoms with Crippen LogP contribution in [0.15, 0.2) is 24.3 Å². The first-order valence-corrected chi connectivity index (χ1v) is 6.24. The fourth-order valence-corrected chi connectivity index (χ4v) is 2.23. The first-order chi connectivity index (χ1) is 9.52. The minimum atomic E-state index is -1.03. The summed E-state index contributed by atoms with van der Waals surface area (Å²) < 4.78 is 5.00. The average Bonchev–Trinajstić information content (AvgIpc) is 2.79. The predicted octanol–water partition coefficient (Wildman–Crippen LogP) is 1.16. The molecule has 1 aliphatic heterocycles. The molecule has 0 bridgehead atoms. The Labute approximate surface area is 115 Å². The SMILES string of the molecule is COc1ccc(C(=O)N2CCC(CC(=O)O)C2=O)cc1. The van der Waals surface area contributed by atoms with Crippen LogP contribution in [0.2, 0.25) is 0 Å². The number of rotatable bonds is 4. The van der Waals surface area contributed by atoms with Crippen molar-refractivity contribution in [3.05, 3.63) is 29.8 Å². The summed E-state index contributed by atoms with van der Waals surface area (Å²) in [6.07, 6.45) is 0.165. The van der Waals surface area contributed by atoms with Crippen molar-refractivity contribution in [2.45, 2.75) is 12.8 Å². The molecular weight excluding hydrogens is 262 g/mol. The molecule has 6 nitrogen and oxygen atoms in total. The maximum absolute atomic E-state index is 12.2. The van der Waals surface area contributed by atoms with Gasteiger partial charge in [0.25, 0.3) is 5.91 Å². The first-order valence-electron chi connectivity index (χ1n) is 6.24. The van der Waals surface area contributed by atoms with Gasteiger partial charge >= 0.3 is 5.97 Å². The Hall–Kier alpha value is -2.37. The molecule has 2 amide bonds. The molecule has 1 aromatic carbocycles. The molecule has 1 fully saturated rings. The Kier molecular flexibility index (Phi) is 4.02. The van der Waals surface area contributed by atoms with Gasteiger partial charge in [-0.3, -0.25) is 19.3 Å². The number of benzene rings is 1. The fraction of sp³-hybridized carbons (Fsp3) is 0.357. The Morgan fingerprint density at radius 2 is 2.00 bits per heavy atom. The third-order valence-electron chi connectivity index (χ3n) is 3.32. The summed E-state index contributed by atoms with van der Waals surface area (Å²) in [5.74, 6) is -1.81. The Balaban J connectivity index is 2.09. The largest absolute Gasteiger partial charge is 0.497 e. The molecule has 2 rings (SSSR count). The minimum absolute atomic E-state index is 0.231. The van der Waals surface area contributed by atoms with Gasteiger partial charge in [0.2, 0.25) is 5.91 Å². The van der Waals surface area contributed by atoms with Gasteiger partial charge in [-0.2, -0.15) is 0 Å². The molecule has 1 N–H and O–H groups in total. The minimum Gasteiger partial charge on any atom is -0.497 e. The molecular formula is C14H15NO5. The summed E-state index contributed by atoms with van der Waals surface area (Å²) in [6.45, 7) is 0.266. The van der Waals surface area contributed by atoms with E-state index in [0.717, 1.165) is 4.90 Å². The first kappa shape index (κ1) is 14.0. The Morgan fingerprint density at radius 3 is 2.55 bits per heavy atom. The van der Waals surface area contributed by atoms with E-state index in [9.17, 15) is 14.4 Å². The zero-order valence-electron chi connectivity index (χ0n) is 11.0. The van der Waals surface area contributed by atoms with Crippen LogP contribution in [0, 0.1) is 5.92 Å². The van der Waals surface area contributed by atoms with Crippen LogP contribution in [0.4, 0.5) is 0 Å². The van der Waals surface area contributed by atoms with Crippen molar-refractivity contribution >= 4 is 17.8 Å². The second-order valence-corrected chi connectivity index (χ2v) is 4.61. The van der Waals surface area contributed by atoms with Gasteiger partial charge < -0.3 is 9.84 Å². The number of methoxy groups -OCH3 is 1. The molecule has 6 heteroatoms. The molecule has 1 saturated heterocycles. The molecule has 0 aliphatic carbocycles. The maximum atomic E-state index is 12.2. The van der Waals surface area contributed by atoms with Crippen LogP contribution >= 0.6 is 0 Å². The monoisotopic (exact) mass is 277 g/mol. The number of amides is 2. The zero-order chi connectivity index (χ0) is 14.7. The second-order valence-electron chi connectivity index (χ2n) is 4.61. The number of likely N-dealkylation sites (tertiary alicyclic amines) is 1. The van der Waals surface area contributed by atoms with Gasteiger partial charge in [-0.1, -0.05) is 0 Å². The third kappa shape index (κ3) is 2.79. The zero-order valence-corrected chi connectivity index (χ0v) is 11.0. The van der Waals surface area contributed by atoms with Crippen molar-refractivity contribution < 1.29 is 24.2 Å². The van der Waals surface area contributed by atoms with Gasteiger partial charge in [0, 0.05) is 12.1 Å². The van der Waals surface area contributed by atoms with Crippen molar-refractivity contribution in [1.82, 2.24) is 4.90 Å². The molecule has 106 valence electrons. The second kappa shape index (κ2) is 5.73. The summed E-state index contributed by atoms with van der Waals surface area (Å²) in [4.78, 5) is 36.0.